The van der Waals surface area contributed by atoms with Crippen molar-refractivity contribution in [3.63, 3.8) is 0 Å². The van der Waals surface area contributed by atoms with Gasteiger partial charge in [0.1, 0.15) is 0 Å². The van der Waals surface area contributed by atoms with E-state index in [4.69, 9.17) is 0 Å². The largest absolute Gasteiger partial charge is 0.316 e. The second kappa shape index (κ2) is 6.58. The summed E-state index contributed by atoms with van der Waals surface area (Å²) in [6, 6.07) is 20.4. The van der Waals surface area contributed by atoms with Crippen LogP contribution in [0.3, 0.4) is 0 Å². The zero-order chi connectivity index (χ0) is 14.7. The number of aromatic nitrogens is 1. The molecule has 0 amide bonds. The summed E-state index contributed by atoms with van der Waals surface area (Å²) in [5.74, 6) is 0. The standard InChI is InChI=1S/C17H12BrIN2/c18-13-6-8-16(9-7-13)21-10-2-5-17(21)12-20-15-4-1-3-14(19)11-15/h1-12H. The van der Waals surface area contributed by atoms with Crippen molar-refractivity contribution in [2.75, 3.05) is 0 Å². The van der Waals surface area contributed by atoms with Crippen LogP contribution in [0.2, 0.25) is 0 Å². The van der Waals surface area contributed by atoms with Crippen LogP contribution in [-0.2, 0) is 0 Å². The molecule has 2 nitrogen and oxygen atoms in total. The van der Waals surface area contributed by atoms with Gasteiger partial charge in [0.15, 0.2) is 0 Å². The van der Waals surface area contributed by atoms with E-state index in [1.807, 2.05) is 42.7 Å². The van der Waals surface area contributed by atoms with Gasteiger partial charge in [-0.05, 0) is 77.2 Å². The topological polar surface area (TPSA) is 17.3 Å². The molecule has 1 aromatic heterocycles. The minimum absolute atomic E-state index is 0.963. The maximum atomic E-state index is 4.55. The van der Waals surface area contributed by atoms with E-state index in [9.17, 15) is 0 Å². The molecular formula is C17H12BrIN2. The van der Waals surface area contributed by atoms with E-state index in [1.165, 1.54) is 3.57 Å². The van der Waals surface area contributed by atoms with Gasteiger partial charge in [-0.25, -0.2) is 0 Å². The molecule has 2 aromatic carbocycles. The summed E-state index contributed by atoms with van der Waals surface area (Å²) in [5.41, 5.74) is 3.13. The Balaban J connectivity index is 1.91. The first-order valence-electron chi connectivity index (χ1n) is 6.45. The van der Waals surface area contributed by atoms with E-state index >= 15 is 0 Å². The van der Waals surface area contributed by atoms with Gasteiger partial charge in [0, 0.05) is 19.9 Å². The van der Waals surface area contributed by atoms with Crippen LogP contribution in [0.15, 0.2) is 76.3 Å². The average Bonchev–Trinajstić information content (AvgIpc) is 2.94. The maximum Gasteiger partial charge on any atom is 0.0641 e. The lowest BCUT2D eigenvalue weighted by Crippen LogP contribution is -1.97. The Labute approximate surface area is 145 Å². The van der Waals surface area contributed by atoms with E-state index in [0.717, 1.165) is 21.5 Å². The van der Waals surface area contributed by atoms with E-state index in [2.05, 4.69) is 78.4 Å². The molecule has 0 aliphatic heterocycles. The van der Waals surface area contributed by atoms with E-state index in [-0.39, 0.29) is 0 Å². The first-order chi connectivity index (χ1) is 10.2. The van der Waals surface area contributed by atoms with Crippen molar-refractivity contribution < 1.29 is 0 Å². The lowest BCUT2D eigenvalue weighted by Gasteiger charge is -2.06. The molecule has 3 rings (SSSR count). The molecule has 0 unspecified atom stereocenters. The highest BCUT2D eigenvalue weighted by molar-refractivity contribution is 14.1. The lowest BCUT2D eigenvalue weighted by atomic mass is 10.3. The van der Waals surface area contributed by atoms with Crippen LogP contribution in [0.4, 0.5) is 5.69 Å². The molecule has 0 N–H and O–H groups in total. The third kappa shape index (κ3) is 3.63. The number of halogens is 2. The normalized spacial score (nSPS) is 11.1. The number of hydrogen-bond donors (Lipinski definition) is 0. The van der Waals surface area contributed by atoms with Crippen molar-refractivity contribution in [3.05, 3.63) is 80.6 Å². The van der Waals surface area contributed by atoms with Gasteiger partial charge in [-0.2, -0.15) is 0 Å². The minimum atomic E-state index is 0.963. The Morgan fingerprint density at radius 1 is 1.00 bits per heavy atom. The fraction of sp³-hybridized carbons (Fsp3) is 0. The third-order valence-corrected chi connectivity index (χ3v) is 4.24. The van der Waals surface area contributed by atoms with Crippen molar-refractivity contribution >= 4 is 50.4 Å². The zero-order valence-corrected chi connectivity index (χ0v) is 14.8. The van der Waals surface area contributed by atoms with Gasteiger partial charge in [-0.1, -0.05) is 22.0 Å². The van der Waals surface area contributed by atoms with Gasteiger partial charge in [-0.15, -0.1) is 0 Å². The molecule has 0 radical (unpaired) electrons. The molecule has 1 heterocycles. The highest BCUT2D eigenvalue weighted by Gasteiger charge is 2.01. The molecule has 104 valence electrons. The molecule has 0 bridgehead atoms. The van der Waals surface area contributed by atoms with Crippen LogP contribution in [0.5, 0.6) is 0 Å². The molecule has 0 atom stereocenters. The van der Waals surface area contributed by atoms with Crippen LogP contribution in [0.1, 0.15) is 5.69 Å². The second-order valence-electron chi connectivity index (χ2n) is 4.52. The van der Waals surface area contributed by atoms with Crippen molar-refractivity contribution in [2.45, 2.75) is 0 Å². The van der Waals surface area contributed by atoms with E-state index in [0.29, 0.717) is 0 Å². The van der Waals surface area contributed by atoms with Crippen molar-refractivity contribution in [1.29, 1.82) is 0 Å². The summed E-state index contributed by atoms with van der Waals surface area (Å²) < 4.78 is 4.38. The summed E-state index contributed by atoms with van der Waals surface area (Å²) in [6.07, 6.45) is 3.94. The number of aliphatic imine (C=N–C) groups is 1. The van der Waals surface area contributed by atoms with Gasteiger partial charge < -0.3 is 4.57 Å². The predicted octanol–water partition coefficient (Wildman–Crippen LogP) is 5.60. The van der Waals surface area contributed by atoms with Crippen LogP contribution in [0, 0.1) is 3.57 Å². The summed E-state index contributed by atoms with van der Waals surface area (Å²) in [7, 11) is 0. The molecule has 0 spiro atoms. The molecule has 0 saturated carbocycles. The number of nitrogens with zero attached hydrogens (tertiary/aromatic N) is 2. The molecule has 0 fully saturated rings. The zero-order valence-electron chi connectivity index (χ0n) is 11.1. The van der Waals surface area contributed by atoms with Gasteiger partial charge in [0.25, 0.3) is 0 Å². The first kappa shape index (κ1) is 14.5. The SMILES string of the molecule is Brc1ccc(-n2cccc2C=Nc2cccc(I)c2)cc1. The molecule has 21 heavy (non-hydrogen) atoms. The number of rotatable bonds is 3. The quantitative estimate of drug-likeness (QED) is 0.365. The third-order valence-electron chi connectivity index (χ3n) is 3.04. The molecule has 3 aromatic rings. The Kier molecular flexibility index (Phi) is 4.55. The summed E-state index contributed by atoms with van der Waals surface area (Å²) >= 11 is 5.75. The minimum Gasteiger partial charge on any atom is -0.316 e. The molecule has 0 aliphatic carbocycles. The van der Waals surface area contributed by atoms with Crippen LogP contribution < -0.4 is 0 Å². The summed E-state index contributed by atoms with van der Waals surface area (Å²) in [4.78, 5) is 4.55. The maximum absolute atomic E-state index is 4.55. The van der Waals surface area contributed by atoms with Crippen molar-refractivity contribution in [1.82, 2.24) is 4.57 Å². The Morgan fingerprint density at radius 2 is 1.81 bits per heavy atom. The fourth-order valence-electron chi connectivity index (χ4n) is 2.03. The van der Waals surface area contributed by atoms with Crippen molar-refractivity contribution in [2.24, 2.45) is 4.99 Å². The Hall–Kier alpha value is -1.40. The van der Waals surface area contributed by atoms with Crippen LogP contribution >= 0.6 is 38.5 Å². The van der Waals surface area contributed by atoms with Gasteiger partial charge >= 0.3 is 0 Å². The smallest absolute Gasteiger partial charge is 0.0641 e. The van der Waals surface area contributed by atoms with E-state index in [1.54, 1.807) is 0 Å². The molecular weight excluding hydrogens is 439 g/mol. The second-order valence-corrected chi connectivity index (χ2v) is 6.68. The average molecular weight is 451 g/mol. The highest BCUT2D eigenvalue weighted by Crippen LogP contribution is 2.18. The predicted molar refractivity (Wildman–Crippen MR) is 99.9 cm³/mol. The molecule has 0 saturated heterocycles. The number of benzene rings is 2. The van der Waals surface area contributed by atoms with Gasteiger partial charge in [0.05, 0.1) is 17.6 Å². The first-order valence-corrected chi connectivity index (χ1v) is 8.32. The molecule has 4 heteroatoms. The lowest BCUT2D eigenvalue weighted by molar-refractivity contribution is 1.07. The van der Waals surface area contributed by atoms with Gasteiger partial charge in [0.2, 0.25) is 0 Å². The van der Waals surface area contributed by atoms with E-state index < -0.39 is 0 Å². The highest BCUT2D eigenvalue weighted by atomic mass is 127. The molecule has 0 aliphatic rings. The van der Waals surface area contributed by atoms with Crippen LogP contribution in [-0.4, -0.2) is 10.8 Å². The van der Waals surface area contributed by atoms with Gasteiger partial charge in [-0.3, -0.25) is 4.99 Å². The Morgan fingerprint density at radius 3 is 2.57 bits per heavy atom. The van der Waals surface area contributed by atoms with Crippen molar-refractivity contribution in [3.8, 4) is 5.69 Å². The Bertz CT molecular complexity index is 775. The van der Waals surface area contributed by atoms with Crippen LogP contribution in [0.25, 0.3) is 5.69 Å². The monoisotopic (exact) mass is 450 g/mol. The number of hydrogen-bond acceptors (Lipinski definition) is 1. The summed E-state index contributed by atoms with van der Waals surface area (Å²) in [5, 5.41) is 0. The fourth-order valence-corrected chi connectivity index (χ4v) is 2.82. The summed E-state index contributed by atoms with van der Waals surface area (Å²) in [6.45, 7) is 0.